The Morgan fingerprint density at radius 2 is 1.95 bits per heavy atom. The molecule has 0 amide bonds. The molecule has 0 unspecified atom stereocenters. The molecule has 0 aliphatic rings. The Labute approximate surface area is 117 Å². The third-order valence-electron chi connectivity index (χ3n) is 2.80. The van der Waals surface area contributed by atoms with E-state index in [0.717, 1.165) is 11.1 Å². The number of ether oxygens (including phenoxy) is 1. The van der Waals surface area contributed by atoms with E-state index in [0.29, 0.717) is 29.5 Å². The molecule has 19 heavy (non-hydrogen) atoms. The Bertz CT molecular complexity index is 586. The lowest BCUT2D eigenvalue weighted by atomic mass is 10.0. The van der Waals surface area contributed by atoms with Crippen LogP contribution in [0.3, 0.4) is 0 Å². The molecule has 0 bridgehead atoms. The lowest BCUT2D eigenvalue weighted by Crippen LogP contribution is -1.99. The highest BCUT2D eigenvalue weighted by atomic mass is 35.5. The van der Waals surface area contributed by atoms with Gasteiger partial charge in [-0.25, -0.2) is 4.39 Å². The second-order valence-electron chi connectivity index (χ2n) is 4.09. The van der Waals surface area contributed by atoms with Crippen molar-refractivity contribution in [3.63, 3.8) is 0 Å². The summed E-state index contributed by atoms with van der Waals surface area (Å²) in [6.07, 6.45) is 0. The van der Waals surface area contributed by atoms with Crippen molar-refractivity contribution in [2.75, 3.05) is 6.61 Å². The van der Waals surface area contributed by atoms with Gasteiger partial charge in [0.05, 0.1) is 6.61 Å². The van der Waals surface area contributed by atoms with Crippen LogP contribution >= 0.6 is 11.6 Å². The average Bonchev–Trinajstić information content (AvgIpc) is 2.42. The molecular weight excluding hydrogens is 265 g/mol. The van der Waals surface area contributed by atoms with E-state index in [2.05, 4.69) is 0 Å². The fraction of sp³-hybridized carbons (Fsp3) is 0.200. The zero-order valence-corrected chi connectivity index (χ0v) is 11.4. The van der Waals surface area contributed by atoms with Gasteiger partial charge in [0.2, 0.25) is 0 Å². The van der Waals surface area contributed by atoms with E-state index < -0.39 is 0 Å². The van der Waals surface area contributed by atoms with Gasteiger partial charge in [-0.15, -0.1) is 0 Å². The minimum atomic E-state index is -0.333. The van der Waals surface area contributed by atoms with Crippen LogP contribution in [0.1, 0.15) is 12.5 Å². The van der Waals surface area contributed by atoms with Crippen molar-refractivity contribution in [1.82, 2.24) is 0 Å². The number of halogens is 2. The van der Waals surface area contributed by atoms with E-state index in [1.54, 1.807) is 0 Å². The average molecular weight is 280 g/mol. The fourth-order valence-corrected chi connectivity index (χ4v) is 2.12. The Balaban J connectivity index is 2.60. The van der Waals surface area contributed by atoms with Crippen LogP contribution in [0.15, 0.2) is 36.4 Å². The zero-order valence-electron chi connectivity index (χ0n) is 10.6. The summed E-state index contributed by atoms with van der Waals surface area (Å²) in [4.78, 5) is 0. The van der Waals surface area contributed by atoms with Gasteiger partial charge in [-0.2, -0.15) is 0 Å². The van der Waals surface area contributed by atoms with Crippen molar-refractivity contribution in [3.8, 4) is 16.9 Å². The minimum Gasteiger partial charge on any atom is -0.493 e. The second kappa shape index (κ2) is 6.04. The van der Waals surface area contributed by atoms with Crippen LogP contribution in [0, 0.1) is 5.82 Å². The maximum Gasteiger partial charge on any atom is 0.127 e. The molecule has 2 aromatic rings. The molecule has 0 radical (unpaired) electrons. The van der Waals surface area contributed by atoms with Crippen molar-refractivity contribution < 1.29 is 9.13 Å². The highest BCUT2D eigenvalue weighted by Crippen LogP contribution is 2.36. The van der Waals surface area contributed by atoms with Gasteiger partial charge in [0.25, 0.3) is 0 Å². The molecule has 4 heteroatoms. The lowest BCUT2D eigenvalue weighted by molar-refractivity contribution is 0.341. The fourth-order valence-electron chi connectivity index (χ4n) is 1.90. The van der Waals surface area contributed by atoms with Gasteiger partial charge in [-0.05, 0) is 42.8 Å². The molecule has 0 heterocycles. The lowest BCUT2D eigenvalue weighted by Gasteiger charge is -2.13. The van der Waals surface area contributed by atoms with Crippen molar-refractivity contribution in [3.05, 3.63) is 52.8 Å². The summed E-state index contributed by atoms with van der Waals surface area (Å²) in [7, 11) is 0. The molecule has 0 spiro atoms. The van der Waals surface area contributed by atoms with E-state index in [9.17, 15) is 4.39 Å². The first-order valence-corrected chi connectivity index (χ1v) is 6.44. The molecule has 2 nitrogen and oxygen atoms in total. The van der Waals surface area contributed by atoms with Crippen LogP contribution in [0.4, 0.5) is 4.39 Å². The molecule has 2 rings (SSSR count). The summed E-state index contributed by atoms with van der Waals surface area (Å²) >= 11 is 6.14. The zero-order chi connectivity index (χ0) is 13.8. The van der Waals surface area contributed by atoms with Crippen molar-refractivity contribution in [2.45, 2.75) is 13.5 Å². The first-order valence-electron chi connectivity index (χ1n) is 6.07. The molecular formula is C15H15ClFNO. The Morgan fingerprint density at radius 1 is 1.16 bits per heavy atom. The van der Waals surface area contributed by atoms with Crippen LogP contribution < -0.4 is 10.5 Å². The highest BCUT2D eigenvalue weighted by Gasteiger charge is 2.11. The van der Waals surface area contributed by atoms with Crippen LogP contribution in [0.5, 0.6) is 5.75 Å². The smallest absolute Gasteiger partial charge is 0.127 e. The normalized spacial score (nSPS) is 10.5. The third kappa shape index (κ3) is 3.06. The van der Waals surface area contributed by atoms with Gasteiger partial charge in [-0.3, -0.25) is 0 Å². The molecule has 0 saturated heterocycles. The van der Waals surface area contributed by atoms with Crippen molar-refractivity contribution in [2.24, 2.45) is 5.73 Å². The molecule has 100 valence electrons. The summed E-state index contributed by atoms with van der Waals surface area (Å²) in [5.41, 5.74) is 7.95. The summed E-state index contributed by atoms with van der Waals surface area (Å²) in [5.74, 6) is 0.340. The van der Waals surface area contributed by atoms with E-state index in [1.165, 1.54) is 18.2 Å². The Kier molecular flexibility index (Phi) is 4.40. The van der Waals surface area contributed by atoms with Crippen LogP contribution in [0.25, 0.3) is 11.1 Å². The molecule has 0 fully saturated rings. The number of hydrogen-bond donors (Lipinski definition) is 1. The minimum absolute atomic E-state index is 0.333. The molecule has 0 aromatic heterocycles. The number of rotatable bonds is 4. The third-order valence-corrected chi connectivity index (χ3v) is 3.13. The van der Waals surface area contributed by atoms with Gasteiger partial charge in [0.1, 0.15) is 11.6 Å². The molecule has 2 aromatic carbocycles. The highest BCUT2D eigenvalue weighted by molar-refractivity contribution is 6.33. The van der Waals surface area contributed by atoms with Gasteiger partial charge < -0.3 is 10.5 Å². The van der Waals surface area contributed by atoms with Gasteiger partial charge in [0, 0.05) is 22.7 Å². The first kappa shape index (κ1) is 13.8. The number of hydrogen-bond acceptors (Lipinski definition) is 2. The van der Waals surface area contributed by atoms with E-state index in [-0.39, 0.29) is 5.82 Å². The Hall–Kier alpha value is -1.58. The molecule has 0 saturated carbocycles. The van der Waals surface area contributed by atoms with Crippen LogP contribution in [-0.4, -0.2) is 6.61 Å². The largest absolute Gasteiger partial charge is 0.493 e. The van der Waals surface area contributed by atoms with Gasteiger partial charge in [-0.1, -0.05) is 17.7 Å². The summed E-state index contributed by atoms with van der Waals surface area (Å²) in [6.45, 7) is 2.84. The van der Waals surface area contributed by atoms with Crippen LogP contribution in [0.2, 0.25) is 5.02 Å². The van der Waals surface area contributed by atoms with Gasteiger partial charge >= 0.3 is 0 Å². The van der Waals surface area contributed by atoms with E-state index >= 15 is 0 Å². The predicted molar refractivity (Wildman–Crippen MR) is 75.9 cm³/mol. The molecule has 2 N–H and O–H groups in total. The maximum atomic E-state index is 13.4. The van der Waals surface area contributed by atoms with E-state index in [1.807, 2.05) is 25.1 Å². The summed E-state index contributed by atoms with van der Waals surface area (Å²) in [5, 5.41) is 0.483. The van der Waals surface area contributed by atoms with Crippen molar-refractivity contribution in [1.29, 1.82) is 0 Å². The predicted octanol–water partition coefficient (Wildman–Crippen LogP) is 4.00. The molecule has 0 aliphatic carbocycles. The number of nitrogens with two attached hydrogens (primary N) is 1. The standard InChI is InChI=1S/C15H15ClFNO/c1-2-19-15-6-3-10(9-18)7-13(15)12-8-11(17)4-5-14(12)16/h3-8H,2,9,18H2,1H3. The SMILES string of the molecule is CCOc1ccc(CN)cc1-c1cc(F)ccc1Cl. The quantitative estimate of drug-likeness (QED) is 0.918. The summed E-state index contributed by atoms with van der Waals surface area (Å²) < 4.78 is 19.0. The number of benzene rings is 2. The van der Waals surface area contributed by atoms with Crippen LogP contribution in [-0.2, 0) is 6.54 Å². The van der Waals surface area contributed by atoms with E-state index in [4.69, 9.17) is 22.1 Å². The topological polar surface area (TPSA) is 35.2 Å². The second-order valence-corrected chi connectivity index (χ2v) is 4.50. The monoisotopic (exact) mass is 279 g/mol. The Morgan fingerprint density at radius 3 is 2.63 bits per heavy atom. The molecule has 0 aliphatic heterocycles. The van der Waals surface area contributed by atoms with Crippen molar-refractivity contribution >= 4 is 11.6 Å². The maximum absolute atomic E-state index is 13.4. The molecule has 0 atom stereocenters. The van der Waals surface area contributed by atoms with Gasteiger partial charge in [0.15, 0.2) is 0 Å². The first-order chi connectivity index (χ1) is 9.15. The summed E-state index contributed by atoms with van der Waals surface area (Å²) in [6, 6.07) is 9.88.